The summed E-state index contributed by atoms with van der Waals surface area (Å²) in [6.45, 7) is 4.04. The molecular formula is C16H20N4O2S. The van der Waals surface area contributed by atoms with E-state index in [-0.39, 0.29) is 17.8 Å². The van der Waals surface area contributed by atoms with Crippen LogP contribution < -0.4 is 5.32 Å². The summed E-state index contributed by atoms with van der Waals surface area (Å²) in [6.07, 6.45) is 4.21. The number of thiophene rings is 1. The van der Waals surface area contributed by atoms with Gasteiger partial charge in [0.2, 0.25) is 5.89 Å². The number of carbonyl (C=O) groups excluding carboxylic acids is 1. The van der Waals surface area contributed by atoms with E-state index in [1.807, 2.05) is 11.3 Å². The first-order chi connectivity index (χ1) is 11.2. The van der Waals surface area contributed by atoms with E-state index in [9.17, 15) is 4.79 Å². The number of nitrogens with one attached hydrogen (secondary N) is 1. The van der Waals surface area contributed by atoms with E-state index in [4.69, 9.17) is 4.52 Å². The number of hydrogen-bond donors (Lipinski definition) is 1. The SMILES string of the molecule is Cc1ccc(CN2CCCC2c2nc(C(=O)NC3CC3)no2)s1. The topological polar surface area (TPSA) is 71.3 Å². The minimum Gasteiger partial charge on any atom is -0.346 e. The van der Waals surface area contributed by atoms with Crippen molar-refractivity contribution in [3.05, 3.63) is 33.6 Å². The van der Waals surface area contributed by atoms with Gasteiger partial charge in [0.05, 0.1) is 6.04 Å². The lowest BCUT2D eigenvalue weighted by molar-refractivity contribution is 0.0937. The van der Waals surface area contributed by atoms with E-state index < -0.39 is 0 Å². The van der Waals surface area contributed by atoms with E-state index >= 15 is 0 Å². The molecular weight excluding hydrogens is 312 g/mol. The Balaban J connectivity index is 1.45. The average molecular weight is 332 g/mol. The van der Waals surface area contributed by atoms with Gasteiger partial charge in [0.1, 0.15) is 0 Å². The second-order valence-corrected chi connectivity index (χ2v) is 7.72. The minimum atomic E-state index is -0.221. The third kappa shape index (κ3) is 3.30. The highest BCUT2D eigenvalue weighted by Gasteiger charge is 2.32. The Morgan fingerprint density at radius 1 is 1.43 bits per heavy atom. The third-order valence-corrected chi connectivity index (χ3v) is 5.35. The number of aromatic nitrogens is 2. The van der Waals surface area contributed by atoms with Crippen molar-refractivity contribution in [1.82, 2.24) is 20.4 Å². The van der Waals surface area contributed by atoms with Crippen LogP contribution in [0.25, 0.3) is 0 Å². The van der Waals surface area contributed by atoms with Gasteiger partial charge in [-0.1, -0.05) is 5.16 Å². The van der Waals surface area contributed by atoms with E-state index in [1.165, 1.54) is 9.75 Å². The average Bonchev–Trinajstić information content (AvgIpc) is 2.96. The first-order valence-electron chi connectivity index (χ1n) is 8.13. The number of nitrogens with zero attached hydrogens (tertiary/aromatic N) is 3. The van der Waals surface area contributed by atoms with Crippen LogP contribution in [0.5, 0.6) is 0 Å². The third-order valence-electron chi connectivity index (χ3n) is 4.36. The monoisotopic (exact) mass is 332 g/mol. The Kier molecular flexibility index (Phi) is 3.90. The van der Waals surface area contributed by atoms with Gasteiger partial charge in [-0.05, 0) is 51.3 Å². The molecule has 7 heteroatoms. The van der Waals surface area contributed by atoms with Crippen molar-refractivity contribution in [2.24, 2.45) is 0 Å². The standard InChI is InChI=1S/C16H20N4O2S/c1-10-4-7-12(23-10)9-20-8-2-3-13(20)16-18-14(19-22-16)15(21)17-11-5-6-11/h4,7,11,13H,2-3,5-6,8-9H2,1H3,(H,17,21). The summed E-state index contributed by atoms with van der Waals surface area (Å²) in [5, 5.41) is 6.76. The molecule has 2 aliphatic rings. The van der Waals surface area contributed by atoms with Crippen molar-refractivity contribution in [1.29, 1.82) is 0 Å². The number of likely N-dealkylation sites (tertiary alicyclic amines) is 1. The lowest BCUT2D eigenvalue weighted by atomic mass is 10.2. The van der Waals surface area contributed by atoms with Gasteiger partial charge < -0.3 is 9.84 Å². The fraction of sp³-hybridized carbons (Fsp3) is 0.562. The lowest BCUT2D eigenvalue weighted by Gasteiger charge is -2.20. The Morgan fingerprint density at radius 3 is 3.04 bits per heavy atom. The number of rotatable bonds is 5. The molecule has 0 spiro atoms. The largest absolute Gasteiger partial charge is 0.346 e. The molecule has 4 rings (SSSR count). The molecule has 1 atom stereocenters. The predicted octanol–water partition coefficient (Wildman–Crippen LogP) is 2.67. The first kappa shape index (κ1) is 14.8. The van der Waals surface area contributed by atoms with Crippen molar-refractivity contribution >= 4 is 17.2 Å². The van der Waals surface area contributed by atoms with Crippen molar-refractivity contribution in [3.8, 4) is 0 Å². The zero-order chi connectivity index (χ0) is 15.8. The highest BCUT2D eigenvalue weighted by atomic mass is 32.1. The zero-order valence-corrected chi connectivity index (χ0v) is 13.9. The molecule has 0 bridgehead atoms. The van der Waals surface area contributed by atoms with Crippen LogP contribution in [0.4, 0.5) is 0 Å². The van der Waals surface area contributed by atoms with Crippen LogP contribution in [-0.4, -0.2) is 33.5 Å². The van der Waals surface area contributed by atoms with Crippen molar-refractivity contribution in [3.63, 3.8) is 0 Å². The van der Waals surface area contributed by atoms with Crippen LogP contribution in [0.15, 0.2) is 16.7 Å². The van der Waals surface area contributed by atoms with Gasteiger partial charge in [-0.15, -0.1) is 11.3 Å². The van der Waals surface area contributed by atoms with Crippen molar-refractivity contribution < 1.29 is 9.32 Å². The van der Waals surface area contributed by atoms with E-state index in [2.05, 4.69) is 39.4 Å². The van der Waals surface area contributed by atoms with Crippen LogP contribution in [-0.2, 0) is 6.54 Å². The van der Waals surface area contributed by atoms with Crippen LogP contribution in [0, 0.1) is 6.92 Å². The molecule has 0 radical (unpaired) electrons. The van der Waals surface area contributed by atoms with Crippen molar-refractivity contribution in [2.75, 3.05) is 6.54 Å². The van der Waals surface area contributed by atoms with Gasteiger partial charge in [-0.3, -0.25) is 9.69 Å². The van der Waals surface area contributed by atoms with Crippen molar-refractivity contribution in [2.45, 2.75) is 51.2 Å². The van der Waals surface area contributed by atoms with Gasteiger partial charge in [-0.2, -0.15) is 4.98 Å². The Bertz CT molecular complexity index is 707. The second-order valence-electron chi connectivity index (χ2n) is 6.34. The molecule has 2 aromatic heterocycles. The van der Waals surface area contributed by atoms with Crippen LogP contribution in [0.2, 0.25) is 0 Å². The molecule has 1 N–H and O–H groups in total. The number of carbonyl (C=O) groups is 1. The highest BCUT2D eigenvalue weighted by Crippen LogP contribution is 2.33. The maximum atomic E-state index is 12.0. The Morgan fingerprint density at radius 2 is 2.30 bits per heavy atom. The number of aryl methyl sites for hydroxylation is 1. The molecule has 1 saturated heterocycles. The van der Waals surface area contributed by atoms with E-state index in [1.54, 1.807) is 0 Å². The summed E-state index contributed by atoms with van der Waals surface area (Å²) >= 11 is 1.82. The van der Waals surface area contributed by atoms with Gasteiger partial charge in [-0.25, -0.2) is 0 Å². The second kappa shape index (κ2) is 6.05. The molecule has 1 aliphatic heterocycles. The molecule has 1 saturated carbocycles. The maximum absolute atomic E-state index is 12.0. The smallest absolute Gasteiger partial charge is 0.292 e. The summed E-state index contributed by atoms with van der Waals surface area (Å²) in [5.74, 6) is 0.503. The lowest BCUT2D eigenvalue weighted by Crippen LogP contribution is -2.26. The van der Waals surface area contributed by atoms with E-state index in [0.717, 1.165) is 38.8 Å². The van der Waals surface area contributed by atoms with Gasteiger partial charge in [0, 0.05) is 22.3 Å². The normalized spacial score (nSPS) is 21.7. The van der Waals surface area contributed by atoms with Gasteiger partial charge in [0.25, 0.3) is 11.7 Å². The van der Waals surface area contributed by atoms with Gasteiger partial charge >= 0.3 is 0 Å². The minimum absolute atomic E-state index is 0.118. The van der Waals surface area contributed by atoms with Crippen LogP contribution >= 0.6 is 11.3 Å². The molecule has 3 heterocycles. The fourth-order valence-corrected chi connectivity index (χ4v) is 3.92. The summed E-state index contributed by atoms with van der Waals surface area (Å²) in [6, 6.07) is 4.75. The molecule has 23 heavy (non-hydrogen) atoms. The van der Waals surface area contributed by atoms with Gasteiger partial charge in [0.15, 0.2) is 0 Å². The maximum Gasteiger partial charge on any atom is 0.292 e. The molecule has 6 nitrogen and oxygen atoms in total. The molecule has 2 fully saturated rings. The summed E-state index contributed by atoms with van der Waals surface area (Å²) in [7, 11) is 0. The number of hydrogen-bond acceptors (Lipinski definition) is 6. The molecule has 0 aromatic carbocycles. The number of amides is 1. The molecule has 2 aromatic rings. The zero-order valence-electron chi connectivity index (χ0n) is 13.1. The molecule has 122 valence electrons. The Labute approximate surface area is 138 Å². The summed E-state index contributed by atoms with van der Waals surface area (Å²) in [5.41, 5.74) is 0. The summed E-state index contributed by atoms with van der Waals surface area (Å²) in [4.78, 5) is 21.4. The molecule has 1 amide bonds. The highest BCUT2D eigenvalue weighted by molar-refractivity contribution is 7.11. The molecule has 1 unspecified atom stereocenters. The predicted molar refractivity (Wildman–Crippen MR) is 86.2 cm³/mol. The van der Waals surface area contributed by atoms with Crippen LogP contribution in [0.1, 0.15) is 58.0 Å². The fourth-order valence-electron chi connectivity index (χ4n) is 3.01. The van der Waals surface area contributed by atoms with Crippen LogP contribution in [0.3, 0.4) is 0 Å². The first-order valence-corrected chi connectivity index (χ1v) is 8.94. The summed E-state index contributed by atoms with van der Waals surface area (Å²) < 4.78 is 5.38. The molecule has 1 aliphatic carbocycles. The van der Waals surface area contributed by atoms with E-state index in [0.29, 0.717) is 11.9 Å². The Hall–Kier alpha value is -1.73. The quantitative estimate of drug-likeness (QED) is 0.911.